The van der Waals surface area contributed by atoms with Crippen LogP contribution in [-0.2, 0) is 0 Å². The highest BCUT2D eigenvalue weighted by Gasteiger charge is 2.11. The second-order valence-corrected chi connectivity index (χ2v) is 3.31. The number of amidine groups is 1. The van der Waals surface area contributed by atoms with Crippen LogP contribution in [-0.4, -0.2) is 19.1 Å². The molecule has 16 heavy (non-hydrogen) atoms. The number of hydrogen-bond acceptors (Lipinski definition) is 3. The zero-order valence-corrected chi connectivity index (χ0v) is 9.99. The van der Waals surface area contributed by atoms with Gasteiger partial charge in [0.05, 0.1) is 0 Å². The molecule has 0 aromatic rings. The zero-order chi connectivity index (χ0) is 12.0. The van der Waals surface area contributed by atoms with Crippen LogP contribution in [0.25, 0.3) is 0 Å². The van der Waals surface area contributed by atoms with Gasteiger partial charge in [-0.15, -0.1) is 0 Å². The van der Waals surface area contributed by atoms with Crippen molar-refractivity contribution in [1.29, 1.82) is 0 Å². The Hall–Kier alpha value is -1.90. The lowest BCUT2D eigenvalue weighted by Gasteiger charge is -2.08. The first-order chi connectivity index (χ1) is 7.74. The Morgan fingerprint density at radius 3 is 2.88 bits per heavy atom. The average Bonchev–Trinajstić information content (AvgIpc) is 2.73. The van der Waals surface area contributed by atoms with Crippen molar-refractivity contribution in [3.8, 4) is 0 Å². The van der Waals surface area contributed by atoms with E-state index in [2.05, 4.69) is 28.8 Å². The summed E-state index contributed by atoms with van der Waals surface area (Å²) in [6.07, 6.45) is 9.27. The van der Waals surface area contributed by atoms with Gasteiger partial charge in [-0.3, -0.25) is 4.99 Å². The molecule has 0 atom stereocenters. The van der Waals surface area contributed by atoms with Gasteiger partial charge in [0, 0.05) is 25.0 Å². The topological polar surface area (TPSA) is 36.8 Å². The molecule has 0 spiro atoms. The summed E-state index contributed by atoms with van der Waals surface area (Å²) in [7, 11) is 1.77. The number of aliphatic imine (C=N–C) groups is 2. The van der Waals surface area contributed by atoms with Crippen LogP contribution in [0.3, 0.4) is 0 Å². The van der Waals surface area contributed by atoms with Crippen molar-refractivity contribution in [2.75, 3.05) is 7.05 Å². The smallest absolute Gasteiger partial charge is 0.137 e. The quantitative estimate of drug-likeness (QED) is 0.722. The molecule has 0 amide bonds. The Morgan fingerprint density at radius 2 is 2.31 bits per heavy atom. The van der Waals surface area contributed by atoms with Gasteiger partial charge in [-0.2, -0.15) is 0 Å². The summed E-state index contributed by atoms with van der Waals surface area (Å²) in [6, 6.07) is 0. The number of rotatable bonds is 3. The van der Waals surface area contributed by atoms with Crippen molar-refractivity contribution in [3.05, 3.63) is 47.9 Å². The van der Waals surface area contributed by atoms with E-state index in [1.165, 1.54) is 0 Å². The standard InChI is InChI=1S/C13H17N3/c1-5-11(9-14-4)10(3)12-7-8-16-13(12)15-6-2/h5-9H,2H2,1,3-4H3,(H,15,16)/b11-5+,12-10+,14-9?. The van der Waals surface area contributed by atoms with Gasteiger partial charge in [-0.1, -0.05) is 12.7 Å². The molecule has 0 bridgehead atoms. The lowest BCUT2D eigenvalue weighted by Crippen LogP contribution is -2.17. The number of allylic oxidation sites excluding steroid dienone is 3. The fourth-order valence-electron chi connectivity index (χ4n) is 1.53. The monoisotopic (exact) mass is 215 g/mol. The molecular formula is C13H17N3. The molecule has 3 nitrogen and oxygen atoms in total. The van der Waals surface area contributed by atoms with E-state index in [1.807, 2.05) is 25.3 Å². The molecule has 0 radical (unpaired) electrons. The molecule has 84 valence electrons. The van der Waals surface area contributed by atoms with Crippen LogP contribution in [0.2, 0.25) is 0 Å². The predicted octanol–water partition coefficient (Wildman–Crippen LogP) is 2.61. The van der Waals surface area contributed by atoms with Crippen molar-refractivity contribution in [2.45, 2.75) is 13.8 Å². The van der Waals surface area contributed by atoms with Crippen LogP contribution < -0.4 is 5.32 Å². The van der Waals surface area contributed by atoms with Crippen LogP contribution in [0.5, 0.6) is 0 Å². The van der Waals surface area contributed by atoms with Gasteiger partial charge in [0.25, 0.3) is 0 Å². The molecule has 0 aromatic heterocycles. The molecule has 1 heterocycles. The van der Waals surface area contributed by atoms with E-state index < -0.39 is 0 Å². The van der Waals surface area contributed by atoms with Gasteiger partial charge >= 0.3 is 0 Å². The molecular weight excluding hydrogens is 198 g/mol. The summed E-state index contributed by atoms with van der Waals surface area (Å²) in [5.41, 5.74) is 3.32. The zero-order valence-electron chi connectivity index (χ0n) is 9.99. The van der Waals surface area contributed by atoms with Crippen molar-refractivity contribution in [3.63, 3.8) is 0 Å². The Balaban J connectivity index is 3.09. The maximum Gasteiger partial charge on any atom is 0.137 e. The van der Waals surface area contributed by atoms with Crippen molar-refractivity contribution >= 4 is 12.1 Å². The van der Waals surface area contributed by atoms with E-state index in [1.54, 1.807) is 19.4 Å². The fraction of sp³-hybridized carbons (Fsp3) is 0.231. The average molecular weight is 215 g/mol. The molecule has 1 N–H and O–H groups in total. The third kappa shape index (κ3) is 2.57. The molecule has 0 saturated carbocycles. The summed E-state index contributed by atoms with van der Waals surface area (Å²) >= 11 is 0. The lowest BCUT2D eigenvalue weighted by atomic mass is 10.0. The number of nitrogens with one attached hydrogen (secondary N) is 1. The molecule has 0 saturated heterocycles. The minimum Gasteiger partial charge on any atom is -0.347 e. The van der Waals surface area contributed by atoms with Crippen LogP contribution in [0.1, 0.15) is 13.8 Å². The van der Waals surface area contributed by atoms with E-state index in [0.717, 1.165) is 22.6 Å². The molecule has 1 aliphatic rings. The minimum atomic E-state index is 0.830. The molecule has 1 aliphatic heterocycles. The Bertz CT molecular complexity index is 420. The molecule has 0 unspecified atom stereocenters. The SMILES string of the molecule is C=CNC1=NC=C/C1=C(C)\C(C=NC)=C\C. The molecule has 3 heteroatoms. The second-order valence-electron chi connectivity index (χ2n) is 3.31. The van der Waals surface area contributed by atoms with Gasteiger partial charge in [0.1, 0.15) is 5.84 Å². The van der Waals surface area contributed by atoms with Gasteiger partial charge < -0.3 is 5.32 Å². The maximum atomic E-state index is 4.23. The fourth-order valence-corrected chi connectivity index (χ4v) is 1.53. The third-order valence-corrected chi connectivity index (χ3v) is 2.35. The van der Waals surface area contributed by atoms with E-state index in [0.29, 0.717) is 0 Å². The summed E-state index contributed by atoms with van der Waals surface area (Å²) < 4.78 is 0. The van der Waals surface area contributed by atoms with E-state index in [-0.39, 0.29) is 0 Å². The normalized spacial score (nSPS) is 18.9. The van der Waals surface area contributed by atoms with Gasteiger partial charge in [0.2, 0.25) is 0 Å². The summed E-state index contributed by atoms with van der Waals surface area (Å²) in [6.45, 7) is 7.69. The summed E-state index contributed by atoms with van der Waals surface area (Å²) in [5.74, 6) is 0.830. The van der Waals surface area contributed by atoms with Crippen LogP contribution in [0.15, 0.2) is 57.8 Å². The Kier molecular flexibility index (Phi) is 4.45. The molecule has 1 rings (SSSR count). The first-order valence-electron chi connectivity index (χ1n) is 5.16. The lowest BCUT2D eigenvalue weighted by molar-refractivity contribution is 1.26. The Morgan fingerprint density at radius 1 is 1.56 bits per heavy atom. The third-order valence-electron chi connectivity index (χ3n) is 2.35. The van der Waals surface area contributed by atoms with Crippen molar-refractivity contribution < 1.29 is 0 Å². The van der Waals surface area contributed by atoms with E-state index in [9.17, 15) is 0 Å². The summed E-state index contributed by atoms with van der Waals surface area (Å²) in [5, 5.41) is 3.02. The van der Waals surface area contributed by atoms with Crippen LogP contribution in [0, 0.1) is 0 Å². The van der Waals surface area contributed by atoms with E-state index in [4.69, 9.17) is 0 Å². The highest BCUT2D eigenvalue weighted by Crippen LogP contribution is 2.18. The molecule has 0 aromatic carbocycles. The first kappa shape index (κ1) is 12.2. The van der Waals surface area contributed by atoms with E-state index >= 15 is 0 Å². The van der Waals surface area contributed by atoms with Gasteiger partial charge in [-0.05, 0) is 37.3 Å². The van der Waals surface area contributed by atoms with Gasteiger partial charge in [0.15, 0.2) is 0 Å². The number of hydrogen-bond donors (Lipinski definition) is 1. The Labute approximate surface area is 96.7 Å². The number of nitrogens with zero attached hydrogens (tertiary/aromatic N) is 2. The summed E-state index contributed by atoms with van der Waals surface area (Å²) in [4.78, 5) is 8.27. The maximum absolute atomic E-state index is 4.23. The minimum absolute atomic E-state index is 0.830. The molecule has 0 aliphatic carbocycles. The first-order valence-corrected chi connectivity index (χ1v) is 5.16. The van der Waals surface area contributed by atoms with Crippen LogP contribution >= 0.6 is 0 Å². The van der Waals surface area contributed by atoms with Crippen LogP contribution in [0.4, 0.5) is 0 Å². The molecule has 0 fully saturated rings. The predicted molar refractivity (Wildman–Crippen MR) is 70.8 cm³/mol. The van der Waals surface area contributed by atoms with Crippen molar-refractivity contribution in [1.82, 2.24) is 5.32 Å². The largest absolute Gasteiger partial charge is 0.347 e. The van der Waals surface area contributed by atoms with Crippen molar-refractivity contribution in [2.24, 2.45) is 9.98 Å². The highest BCUT2D eigenvalue weighted by atomic mass is 15.0. The van der Waals surface area contributed by atoms with Gasteiger partial charge in [-0.25, -0.2) is 4.99 Å². The second kappa shape index (κ2) is 5.85. The highest BCUT2D eigenvalue weighted by molar-refractivity contribution is 6.06.